The number of nitrogens with one attached hydrogen (secondary N) is 1. The fourth-order valence-electron chi connectivity index (χ4n) is 1.22. The lowest BCUT2D eigenvalue weighted by atomic mass is 10.3. The Morgan fingerprint density at radius 3 is 2.59 bits per heavy atom. The van der Waals surface area contributed by atoms with E-state index in [9.17, 15) is 9.59 Å². The van der Waals surface area contributed by atoms with Crippen molar-refractivity contribution in [1.82, 2.24) is 9.78 Å². The number of carbonyl (C=O) groups excluding carboxylic acids is 1. The van der Waals surface area contributed by atoms with Crippen molar-refractivity contribution in [1.29, 1.82) is 0 Å². The van der Waals surface area contributed by atoms with Crippen LogP contribution < -0.4 is 16.6 Å². The monoisotopic (exact) mass is 302 g/mol. The summed E-state index contributed by atoms with van der Waals surface area (Å²) in [6, 6.07) is -0.594. The van der Waals surface area contributed by atoms with Crippen LogP contribution in [0.4, 0.5) is 5.69 Å². The number of nitrogens with two attached hydrogens (primary N) is 1. The summed E-state index contributed by atoms with van der Waals surface area (Å²) in [4.78, 5) is 22.8. The lowest BCUT2D eigenvalue weighted by Gasteiger charge is -2.15. The summed E-state index contributed by atoms with van der Waals surface area (Å²) in [6.07, 6.45) is 1.49. The molecule has 7 heteroatoms. The van der Waals surface area contributed by atoms with Gasteiger partial charge < -0.3 is 11.1 Å². The maximum Gasteiger partial charge on any atom is 0.283 e. The molecule has 1 aromatic heterocycles. The van der Waals surface area contributed by atoms with Crippen LogP contribution in [-0.2, 0) is 4.79 Å². The first-order valence-corrected chi connectivity index (χ1v) is 5.97. The molecule has 17 heavy (non-hydrogen) atoms. The molecule has 1 aromatic rings. The number of primary amides is 1. The van der Waals surface area contributed by atoms with E-state index in [-0.39, 0.29) is 11.6 Å². The van der Waals surface area contributed by atoms with Gasteiger partial charge in [0.1, 0.15) is 10.5 Å². The Labute approximate surface area is 107 Å². The minimum atomic E-state index is -0.567. The molecule has 0 saturated heterocycles. The van der Waals surface area contributed by atoms with Gasteiger partial charge in [0.05, 0.1) is 17.9 Å². The van der Waals surface area contributed by atoms with Crippen molar-refractivity contribution in [3.63, 3.8) is 0 Å². The predicted octanol–water partition coefficient (Wildman–Crippen LogP) is 0.872. The van der Waals surface area contributed by atoms with Crippen LogP contribution in [0.25, 0.3) is 0 Å². The molecule has 0 radical (unpaired) electrons. The van der Waals surface area contributed by atoms with Gasteiger partial charge in [-0.2, -0.15) is 5.10 Å². The van der Waals surface area contributed by atoms with Gasteiger partial charge >= 0.3 is 0 Å². The highest BCUT2D eigenvalue weighted by Gasteiger charge is 2.14. The molecule has 0 aliphatic heterocycles. The lowest BCUT2D eigenvalue weighted by Crippen LogP contribution is -2.34. The number of hydrogen-bond acceptors (Lipinski definition) is 4. The van der Waals surface area contributed by atoms with Crippen molar-refractivity contribution in [2.24, 2.45) is 5.73 Å². The summed E-state index contributed by atoms with van der Waals surface area (Å²) in [7, 11) is 0. The highest BCUT2D eigenvalue weighted by molar-refractivity contribution is 9.10. The standard InChI is InChI=1S/C10H15BrN4O2/c1-5(2)15-10(17)8(11)7(4-13-15)14-6(3)9(12)16/h4-6,14H,1-3H3,(H2,12,16). The first-order chi connectivity index (χ1) is 7.84. The Balaban J connectivity index is 3.09. The van der Waals surface area contributed by atoms with E-state index < -0.39 is 11.9 Å². The third kappa shape index (κ3) is 3.06. The Hall–Kier alpha value is -1.37. The van der Waals surface area contributed by atoms with Gasteiger partial charge in [0, 0.05) is 0 Å². The molecule has 0 spiro atoms. The quantitative estimate of drug-likeness (QED) is 0.863. The molecule has 0 aromatic carbocycles. The van der Waals surface area contributed by atoms with E-state index >= 15 is 0 Å². The van der Waals surface area contributed by atoms with Crippen LogP contribution in [0.5, 0.6) is 0 Å². The van der Waals surface area contributed by atoms with Gasteiger partial charge in [-0.1, -0.05) is 0 Å². The number of amides is 1. The largest absolute Gasteiger partial charge is 0.372 e. The minimum absolute atomic E-state index is 0.0265. The zero-order chi connectivity index (χ0) is 13.2. The highest BCUT2D eigenvalue weighted by Crippen LogP contribution is 2.17. The van der Waals surface area contributed by atoms with Crippen molar-refractivity contribution in [2.45, 2.75) is 32.9 Å². The number of carbonyl (C=O) groups is 1. The fourth-order valence-corrected chi connectivity index (χ4v) is 1.62. The van der Waals surface area contributed by atoms with Crippen molar-refractivity contribution < 1.29 is 4.79 Å². The van der Waals surface area contributed by atoms with Crippen LogP contribution in [0.2, 0.25) is 0 Å². The summed E-state index contributed by atoms with van der Waals surface area (Å²) in [5.74, 6) is -0.495. The molecule has 6 nitrogen and oxygen atoms in total. The van der Waals surface area contributed by atoms with E-state index in [0.29, 0.717) is 10.2 Å². The fraction of sp³-hybridized carbons (Fsp3) is 0.500. The van der Waals surface area contributed by atoms with E-state index in [1.165, 1.54) is 10.9 Å². The van der Waals surface area contributed by atoms with Gasteiger partial charge in [-0.3, -0.25) is 9.59 Å². The molecule has 1 amide bonds. The van der Waals surface area contributed by atoms with Crippen LogP contribution in [0, 0.1) is 0 Å². The van der Waals surface area contributed by atoms with Crippen LogP contribution in [0.1, 0.15) is 26.8 Å². The minimum Gasteiger partial charge on any atom is -0.372 e. The van der Waals surface area contributed by atoms with E-state index in [4.69, 9.17) is 5.73 Å². The summed E-state index contributed by atoms with van der Waals surface area (Å²) < 4.78 is 1.69. The summed E-state index contributed by atoms with van der Waals surface area (Å²) in [6.45, 7) is 5.34. The second-order valence-corrected chi connectivity index (χ2v) is 4.78. The average molecular weight is 303 g/mol. The van der Waals surface area contributed by atoms with E-state index in [1.54, 1.807) is 6.92 Å². The van der Waals surface area contributed by atoms with Crippen molar-refractivity contribution in [3.8, 4) is 0 Å². The first kappa shape index (κ1) is 13.7. The van der Waals surface area contributed by atoms with E-state index in [0.717, 1.165) is 0 Å². The van der Waals surface area contributed by atoms with E-state index in [1.807, 2.05) is 13.8 Å². The molecule has 1 heterocycles. The SMILES string of the molecule is CC(Nc1cnn(C(C)C)c(=O)c1Br)C(N)=O. The first-order valence-electron chi connectivity index (χ1n) is 5.17. The molecule has 0 aliphatic rings. The summed E-state index contributed by atoms with van der Waals surface area (Å²) in [5.41, 5.74) is 5.34. The van der Waals surface area contributed by atoms with E-state index in [2.05, 4.69) is 26.3 Å². The Morgan fingerprint density at radius 2 is 2.12 bits per heavy atom. The number of hydrogen-bond donors (Lipinski definition) is 2. The van der Waals surface area contributed by atoms with Gasteiger partial charge in [-0.15, -0.1) is 0 Å². The molecular formula is C10H15BrN4O2. The molecule has 0 aliphatic carbocycles. The van der Waals surface area contributed by atoms with Gasteiger partial charge in [0.15, 0.2) is 0 Å². The third-order valence-electron chi connectivity index (χ3n) is 2.23. The van der Waals surface area contributed by atoms with Gasteiger partial charge in [0.25, 0.3) is 5.56 Å². The van der Waals surface area contributed by atoms with Gasteiger partial charge in [0.2, 0.25) is 5.91 Å². The zero-order valence-electron chi connectivity index (χ0n) is 9.90. The maximum absolute atomic E-state index is 11.9. The smallest absolute Gasteiger partial charge is 0.283 e. The normalized spacial score (nSPS) is 12.5. The molecule has 94 valence electrons. The van der Waals surface area contributed by atoms with Crippen molar-refractivity contribution in [3.05, 3.63) is 21.0 Å². The van der Waals surface area contributed by atoms with Crippen LogP contribution in [0.3, 0.4) is 0 Å². The third-order valence-corrected chi connectivity index (χ3v) is 3.00. The molecule has 1 rings (SSSR count). The maximum atomic E-state index is 11.9. The number of nitrogens with zero attached hydrogens (tertiary/aromatic N) is 2. The Bertz CT molecular complexity index is 484. The topological polar surface area (TPSA) is 90.0 Å². The Kier molecular flexibility index (Phi) is 4.28. The van der Waals surface area contributed by atoms with Crippen molar-refractivity contribution >= 4 is 27.5 Å². The van der Waals surface area contributed by atoms with Crippen LogP contribution in [0.15, 0.2) is 15.5 Å². The number of aromatic nitrogens is 2. The molecular weight excluding hydrogens is 288 g/mol. The molecule has 0 bridgehead atoms. The Morgan fingerprint density at radius 1 is 1.53 bits per heavy atom. The average Bonchev–Trinajstić information content (AvgIpc) is 2.24. The zero-order valence-corrected chi connectivity index (χ0v) is 11.5. The second-order valence-electron chi connectivity index (χ2n) is 3.98. The van der Waals surface area contributed by atoms with Crippen LogP contribution >= 0.6 is 15.9 Å². The van der Waals surface area contributed by atoms with Gasteiger partial charge in [-0.25, -0.2) is 4.68 Å². The molecule has 0 saturated carbocycles. The number of anilines is 1. The molecule has 1 atom stereocenters. The summed E-state index contributed by atoms with van der Waals surface area (Å²) >= 11 is 3.19. The highest BCUT2D eigenvalue weighted by atomic mass is 79.9. The number of rotatable bonds is 4. The molecule has 1 unspecified atom stereocenters. The van der Waals surface area contributed by atoms with Crippen LogP contribution in [-0.4, -0.2) is 21.7 Å². The van der Waals surface area contributed by atoms with Gasteiger partial charge in [-0.05, 0) is 36.7 Å². The molecule has 0 fully saturated rings. The second kappa shape index (κ2) is 5.31. The molecule has 3 N–H and O–H groups in total. The predicted molar refractivity (Wildman–Crippen MR) is 68.9 cm³/mol. The number of halogens is 1. The van der Waals surface area contributed by atoms with Crippen molar-refractivity contribution in [2.75, 3.05) is 5.32 Å². The summed E-state index contributed by atoms with van der Waals surface area (Å²) in [5, 5.41) is 6.83. The lowest BCUT2D eigenvalue weighted by molar-refractivity contribution is -0.118.